The van der Waals surface area contributed by atoms with Crippen molar-refractivity contribution >= 4 is 23.5 Å². The molecule has 1 amide bonds. The van der Waals surface area contributed by atoms with E-state index in [0.29, 0.717) is 11.6 Å². The number of aliphatic carboxylic acids is 1. The topological polar surface area (TPSA) is 57.6 Å². The van der Waals surface area contributed by atoms with E-state index < -0.39 is 11.9 Å². The first-order valence-electron chi connectivity index (χ1n) is 8.87. The summed E-state index contributed by atoms with van der Waals surface area (Å²) in [4.78, 5) is 26.4. The highest BCUT2D eigenvalue weighted by molar-refractivity contribution is 6.31. The molecule has 0 aromatic heterocycles. The van der Waals surface area contributed by atoms with E-state index in [2.05, 4.69) is 0 Å². The van der Waals surface area contributed by atoms with Gasteiger partial charge >= 0.3 is 5.97 Å². The molecular formula is C21H20ClNO3. The molecule has 2 aromatic carbocycles. The number of nitrogens with zero attached hydrogens (tertiary/aromatic N) is 1. The minimum Gasteiger partial charge on any atom is -0.481 e. The van der Waals surface area contributed by atoms with Gasteiger partial charge in [-0.1, -0.05) is 60.1 Å². The van der Waals surface area contributed by atoms with E-state index in [1.54, 1.807) is 4.90 Å². The van der Waals surface area contributed by atoms with Crippen molar-refractivity contribution in [2.24, 2.45) is 11.8 Å². The molecule has 1 saturated heterocycles. The summed E-state index contributed by atoms with van der Waals surface area (Å²) >= 11 is 6.25. The summed E-state index contributed by atoms with van der Waals surface area (Å²) in [5.41, 5.74) is 2.00. The monoisotopic (exact) mass is 369 g/mol. The highest BCUT2D eigenvalue weighted by Gasteiger charge is 2.49. The Labute approximate surface area is 157 Å². The Kier molecular flexibility index (Phi) is 4.45. The Hall–Kier alpha value is -2.33. The van der Waals surface area contributed by atoms with Crippen LogP contribution in [0.25, 0.3) is 0 Å². The Bertz CT molecular complexity index is 838. The minimum atomic E-state index is -0.840. The average Bonchev–Trinajstić information content (AvgIpc) is 3.31. The number of carboxylic acid groups (broad SMARTS) is 1. The number of carbonyl (C=O) groups is 2. The third-order valence-corrected chi connectivity index (χ3v) is 5.93. The van der Waals surface area contributed by atoms with E-state index >= 15 is 0 Å². The number of benzene rings is 2. The predicted molar refractivity (Wildman–Crippen MR) is 99.2 cm³/mol. The first kappa shape index (κ1) is 17.1. The van der Waals surface area contributed by atoms with Crippen molar-refractivity contribution in [2.45, 2.75) is 18.3 Å². The van der Waals surface area contributed by atoms with Gasteiger partial charge in [0.2, 0.25) is 5.91 Å². The molecule has 1 aliphatic heterocycles. The van der Waals surface area contributed by atoms with Crippen molar-refractivity contribution in [3.05, 3.63) is 70.7 Å². The first-order valence-corrected chi connectivity index (χ1v) is 9.25. The average molecular weight is 370 g/mol. The van der Waals surface area contributed by atoms with Gasteiger partial charge in [-0.25, -0.2) is 0 Å². The number of halogens is 1. The lowest BCUT2D eigenvalue weighted by Crippen LogP contribution is -2.31. The lowest BCUT2D eigenvalue weighted by Gasteiger charge is -2.17. The van der Waals surface area contributed by atoms with Crippen LogP contribution in [0.5, 0.6) is 0 Å². The van der Waals surface area contributed by atoms with Crippen molar-refractivity contribution in [1.29, 1.82) is 0 Å². The molecule has 2 fully saturated rings. The number of likely N-dealkylation sites (tertiary alicyclic amines) is 1. The summed E-state index contributed by atoms with van der Waals surface area (Å²) < 4.78 is 0. The lowest BCUT2D eigenvalue weighted by atomic mass is 9.89. The van der Waals surface area contributed by atoms with Crippen molar-refractivity contribution < 1.29 is 14.7 Å². The Morgan fingerprint density at radius 1 is 0.923 bits per heavy atom. The van der Waals surface area contributed by atoms with Crippen LogP contribution in [0.3, 0.4) is 0 Å². The van der Waals surface area contributed by atoms with Gasteiger partial charge in [0.1, 0.15) is 0 Å². The molecule has 0 bridgehead atoms. The summed E-state index contributed by atoms with van der Waals surface area (Å²) in [6.07, 6.45) is 0.785. The number of hydrogen-bond acceptors (Lipinski definition) is 2. The molecule has 4 rings (SSSR count). The van der Waals surface area contributed by atoms with Crippen LogP contribution in [0.15, 0.2) is 54.6 Å². The van der Waals surface area contributed by atoms with Gasteiger partial charge in [0.25, 0.3) is 0 Å². The van der Waals surface area contributed by atoms with Crippen molar-refractivity contribution in [3.8, 4) is 0 Å². The molecule has 1 saturated carbocycles. The number of rotatable bonds is 4. The van der Waals surface area contributed by atoms with Crippen LogP contribution in [0.1, 0.15) is 29.4 Å². The van der Waals surface area contributed by atoms with E-state index in [9.17, 15) is 14.7 Å². The quantitative estimate of drug-likeness (QED) is 0.892. The third kappa shape index (κ3) is 3.10. The van der Waals surface area contributed by atoms with Gasteiger partial charge in [0, 0.05) is 29.9 Å². The van der Waals surface area contributed by atoms with Crippen LogP contribution in [0.2, 0.25) is 5.02 Å². The number of hydrogen-bond donors (Lipinski definition) is 1. The van der Waals surface area contributed by atoms with E-state index in [1.165, 1.54) is 0 Å². The molecule has 5 heteroatoms. The maximum absolute atomic E-state index is 12.9. The fourth-order valence-corrected chi connectivity index (χ4v) is 4.37. The number of carboxylic acids is 1. The largest absolute Gasteiger partial charge is 0.481 e. The fraction of sp³-hybridized carbons (Fsp3) is 0.333. The third-order valence-electron chi connectivity index (χ3n) is 5.59. The summed E-state index contributed by atoms with van der Waals surface area (Å²) in [6.45, 7) is 0.741. The van der Waals surface area contributed by atoms with Gasteiger partial charge in [-0.3, -0.25) is 9.59 Å². The van der Waals surface area contributed by atoms with Crippen LogP contribution >= 0.6 is 11.6 Å². The molecule has 1 N–H and O–H groups in total. The molecule has 26 heavy (non-hydrogen) atoms. The molecule has 2 aromatic rings. The number of amides is 1. The van der Waals surface area contributed by atoms with Gasteiger partial charge in [-0.2, -0.15) is 0 Å². The normalized spacial score (nSPS) is 27.3. The second-order valence-corrected chi connectivity index (χ2v) is 7.58. The molecule has 4 nitrogen and oxygen atoms in total. The molecule has 4 unspecified atom stereocenters. The zero-order valence-corrected chi connectivity index (χ0v) is 15.0. The predicted octanol–water partition coefficient (Wildman–Crippen LogP) is 3.77. The summed E-state index contributed by atoms with van der Waals surface area (Å²) in [6, 6.07) is 17.2. The highest BCUT2D eigenvalue weighted by atomic mass is 35.5. The smallest absolute Gasteiger partial charge is 0.308 e. The fourth-order valence-electron chi connectivity index (χ4n) is 4.09. The van der Waals surface area contributed by atoms with Crippen LogP contribution in [0.4, 0.5) is 0 Å². The summed E-state index contributed by atoms with van der Waals surface area (Å²) in [7, 11) is 0. The van der Waals surface area contributed by atoms with Crippen LogP contribution in [-0.4, -0.2) is 35.0 Å². The van der Waals surface area contributed by atoms with Gasteiger partial charge in [-0.15, -0.1) is 0 Å². The van der Waals surface area contributed by atoms with Crippen LogP contribution in [0, 0.1) is 11.8 Å². The Balaban J connectivity index is 1.50. The molecule has 1 aliphatic carbocycles. The van der Waals surface area contributed by atoms with E-state index in [-0.39, 0.29) is 30.2 Å². The first-order chi connectivity index (χ1) is 12.6. The second kappa shape index (κ2) is 6.76. The maximum atomic E-state index is 12.9. The second-order valence-electron chi connectivity index (χ2n) is 7.18. The van der Waals surface area contributed by atoms with Crippen molar-refractivity contribution in [1.82, 2.24) is 4.90 Å². The highest BCUT2D eigenvalue weighted by Crippen LogP contribution is 2.51. The molecular weight excluding hydrogens is 350 g/mol. The van der Waals surface area contributed by atoms with Crippen LogP contribution in [-0.2, 0) is 9.59 Å². The Morgan fingerprint density at radius 3 is 2.31 bits per heavy atom. The molecule has 1 heterocycles. The Morgan fingerprint density at radius 2 is 1.62 bits per heavy atom. The van der Waals surface area contributed by atoms with Gasteiger partial charge in [-0.05, 0) is 29.5 Å². The maximum Gasteiger partial charge on any atom is 0.308 e. The molecule has 134 valence electrons. The van der Waals surface area contributed by atoms with Crippen molar-refractivity contribution in [3.63, 3.8) is 0 Å². The van der Waals surface area contributed by atoms with Gasteiger partial charge in [0.15, 0.2) is 0 Å². The van der Waals surface area contributed by atoms with Crippen LogP contribution < -0.4 is 0 Å². The van der Waals surface area contributed by atoms with Gasteiger partial charge < -0.3 is 10.0 Å². The van der Waals surface area contributed by atoms with Gasteiger partial charge in [0.05, 0.1) is 5.92 Å². The summed E-state index contributed by atoms with van der Waals surface area (Å²) in [5, 5.41) is 10.3. The van der Waals surface area contributed by atoms with E-state index in [1.807, 2.05) is 54.6 Å². The van der Waals surface area contributed by atoms with E-state index in [4.69, 9.17) is 11.6 Å². The number of carbonyl (C=O) groups excluding carboxylic acids is 1. The minimum absolute atomic E-state index is 0.0552. The molecule has 0 radical (unpaired) electrons. The zero-order valence-electron chi connectivity index (χ0n) is 14.2. The molecule has 0 spiro atoms. The summed E-state index contributed by atoms with van der Waals surface area (Å²) in [5.74, 6) is -1.43. The van der Waals surface area contributed by atoms with E-state index in [0.717, 1.165) is 17.5 Å². The van der Waals surface area contributed by atoms with Crippen molar-refractivity contribution in [2.75, 3.05) is 13.1 Å². The zero-order chi connectivity index (χ0) is 18.3. The SMILES string of the molecule is O=C(O)C1CN(C(=O)C2CC2c2ccccc2Cl)CC1c1ccccc1. The standard InChI is InChI=1S/C21H20ClNO3/c22-19-9-5-4-8-14(19)15-10-16(15)20(24)23-11-17(18(12-23)21(25)26)13-6-2-1-3-7-13/h1-9,15-18H,10-12H2,(H,25,26). The lowest BCUT2D eigenvalue weighted by molar-refractivity contribution is -0.142. The molecule has 2 aliphatic rings. The molecule has 4 atom stereocenters.